The van der Waals surface area contributed by atoms with Gasteiger partial charge >= 0.3 is 0 Å². The van der Waals surface area contributed by atoms with Gasteiger partial charge in [0.1, 0.15) is 23.5 Å². The van der Waals surface area contributed by atoms with Crippen molar-refractivity contribution in [2.24, 2.45) is 5.92 Å². The van der Waals surface area contributed by atoms with Crippen LogP contribution in [-0.2, 0) is 10.2 Å². The number of aryl methyl sites for hydroxylation is 1. The fourth-order valence-electron chi connectivity index (χ4n) is 4.00. The lowest BCUT2D eigenvalue weighted by molar-refractivity contribution is -0.107. The molecule has 0 aromatic heterocycles. The van der Waals surface area contributed by atoms with Crippen molar-refractivity contribution in [2.75, 3.05) is 6.54 Å². The van der Waals surface area contributed by atoms with Crippen LogP contribution >= 0.6 is 9.24 Å². The maximum Gasteiger partial charge on any atom is 0.251 e. The van der Waals surface area contributed by atoms with E-state index >= 15 is 0 Å². The van der Waals surface area contributed by atoms with Crippen molar-refractivity contribution < 1.29 is 18.7 Å². The minimum Gasteiger partial charge on any atom is -0.486 e. The van der Waals surface area contributed by atoms with Crippen LogP contribution in [0.4, 0.5) is 4.39 Å². The Labute approximate surface area is 215 Å². The molecule has 1 N–H and O–H groups in total. The molecule has 6 heteroatoms. The van der Waals surface area contributed by atoms with Gasteiger partial charge in [0.25, 0.3) is 5.91 Å². The van der Waals surface area contributed by atoms with Crippen LogP contribution in [0.25, 0.3) is 11.1 Å². The third-order valence-electron chi connectivity index (χ3n) is 6.03. The van der Waals surface area contributed by atoms with E-state index in [0.717, 1.165) is 40.7 Å². The highest BCUT2D eigenvalue weighted by atomic mass is 31.0. The molecule has 0 fully saturated rings. The predicted molar refractivity (Wildman–Crippen MR) is 147 cm³/mol. The van der Waals surface area contributed by atoms with Gasteiger partial charge in [-0.25, -0.2) is 4.39 Å². The average Bonchev–Trinajstić information content (AvgIpc) is 2.84. The molecular weight excluding hydrogens is 472 g/mol. The van der Waals surface area contributed by atoms with E-state index in [1.807, 2.05) is 61.5 Å². The standard InChI is InChI=1S/C30H35FNO3P/c1-20(2)18-28(23-7-9-24(10-8-23)29(34)32-16-5-17-33)35-26-15-6-21(3)27(19-26)22-11-13-25(14-12-22)30(4,31)36/h6-15,17,19-20,28H,5,16,18,36H2,1-4H3,(H,32,34). The molecule has 3 unspecified atom stereocenters. The van der Waals surface area contributed by atoms with Gasteiger partial charge in [-0.2, -0.15) is 0 Å². The summed E-state index contributed by atoms with van der Waals surface area (Å²) in [5.41, 5.74) is 5.29. The molecule has 190 valence electrons. The van der Waals surface area contributed by atoms with Crippen molar-refractivity contribution in [2.45, 2.75) is 52.1 Å². The maximum atomic E-state index is 14.3. The second-order valence-electron chi connectivity index (χ2n) is 9.70. The van der Waals surface area contributed by atoms with Crippen molar-refractivity contribution >= 4 is 21.4 Å². The lowest BCUT2D eigenvalue weighted by atomic mass is 9.97. The number of carbonyl (C=O) groups is 2. The van der Waals surface area contributed by atoms with Crippen LogP contribution in [-0.4, -0.2) is 18.7 Å². The van der Waals surface area contributed by atoms with Crippen molar-refractivity contribution in [1.82, 2.24) is 5.32 Å². The number of nitrogens with one attached hydrogen (secondary N) is 1. The van der Waals surface area contributed by atoms with Crippen LogP contribution in [0, 0.1) is 12.8 Å². The van der Waals surface area contributed by atoms with E-state index in [4.69, 9.17) is 4.74 Å². The summed E-state index contributed by atoms with van der Waals surface area (Å²) in [6.07, 6.45) is 1.71. The summed E-state index contributed by atoms with van der Waals surface area (Å²) in [5, 5.41) is 1.27. The van der Waals surface area contributed by atoms with E-state index in [2.05, 4.69) is 28.4 Å². The normalized spacial score (nSPS) is 13.6. The van der Waals surface area contributed by atoms with E-state index in [1.54, 1.807) is 12.1 Å². The Morgan fingerprint density at radius 3 is 2.33 bits per heavy atom. The zero-order chi connectivity index (χ0) is 26.3. The first-order valence-electron chi connectivity index (χ1n) is 12.3. The summed E-state index contributed by atoms with van der Waals surface area (Å²) < 4.78 is 20.7. The van der Waals surface area contributed by atoms with Crippen LogP contribution in [0.3, 0.4) is 0 Å². The van der Waals surface area contributed by atoms with Crippen molar-refractivity contribution in [3.05, 3.63) is 89.0 Å². The van der Waals surface area contributed by atoms with Crippen LogP contribution in [0.15, 0.2) is 66.7 Å². The molecule has 0 saturated carbocycles. The smallest absolute Gasteiger partial charge is 0.251 e. The number of carbonyl (C=O) groups excluding carboxylic acids is 2. The van der Waals surface area contributed by atoms with Crippen molar-refractivity contribution in [3.63, 3.8) is 0 Å². The molecular formula is C30H35FNO3P. The molecule has 3 rings (SSSR count). The first-order chi connectivity index (χ1) is 17.1. The largest absolute Gasteiger partial charge is 0.486 e. The van der Waals surface area contributed by atoms with Crippen LogP contribution in [0.5, 0.6) is 5.75 Å². The molecule has 0 aliphatic rings. The lowest BCUT2D eigenvalue weighted by Gasteiger charge is -2.23. The second-order valence-corrected chi connectivity index (χ2v) is 10.8. The molecule has 0 heterocycles. The van der Waals surface area contributed by atoms with Gasteiger partial charge in [-0.15, -0.1) is 0 Å². The van der Waals surface area contributed by atoms with Gasteiger partial charge in [0.15, 0.2) is 0 Å². The fraction of sp³-hybridized carbons (Fsp3) is 0.333. The zero-order valence-corrected chi connectivity index (χ0v) is 22.5. The third-order valence-corrected chi connectivity index (χ3v) is 6.36. The van der Waals surface area contributed by atoms with E-state index in [0.29, 0.717) is 30.0 Å². The fourth-order valence-corrected chi connectivity index (χ4v) is 4.19. The number of rotatable bonds is 11. The Morgan fingerprint density at radius 2 is 1.75 bits per heavy atom. The summed E-state index contributed by atoms with van der Waals surface area (Å²) in [5.74, 6) is 0.955. The second kappa shape index (κ2) is 12.3. The van der Waals surface area contributed by atoms with Crippen LogP contribution in [0.1, 0.15) is 66.8 Å². The maximum absolute atomic E-state index is 14.3. The van der Waals surface area contributed by atoms with Gasteiger partial charge in [0.2, 0.25) is 0 Å². The summed E-state index contributed by atoms with van der Waals surface area (Å²) in [4.78, 5) is 22.7. The zero-order valence-electron chi connectivity index (χ0n) is 21.4. The number of benzene rings is 3. The molecule has 0 saturated heterocycles. The van der Waals surface area contributed by atoms with Gasteiger partial charge < -0.3 is 14.8 Å². The monoisotopic (exact) mass is 507 g/mol. The predicted octanol–water partition coefficient (Wildman–Crippen LogP) is 7.16. The Hall–Kier alpha value is -3.04. The molecule has 0 spiro atoms. The summed E-state index contributed by atoms with van der Waals surface area (Å²) in [6, 6.07) is 21.0. The quantitative estimate of drug-likeness (QED) is 0.170. The number of hydrogen-bond acceptors (Lipinski definition) is 3. The summed E-state index contributed by atoms with van der Waals surface area (Å²) >= 11 is 0. The highest BCUT2D eigenvalue weighted by Crippen LogP contribution is 2.36. The van der Waals surface area contributed by atoms with Crippen molar-refractivity contribution in [1.29, 1.82) is 0 Å². The number of hydrogen-bond donors (Lipinski definition) is 1. The SMILES string of the molecule is Cc1ccc(OC(CC(C)C)c2ccc(C(=O)NCCC=O)cc2)cc1-c1ccc(C(C)(F)P)cc1. The van der Waals surface area contributed by atoms with Gasteiger partial charge in [-0.3, -0.25) is 4.79 Å². The number of aldehydes is 1. The van der Waals surface area contributed by atoms with Gasteiger partial charge in [0.05, 0.1) is 0 Å². The Morgan fingerprint density at radius 1 is 1.08 bits per heavy atom. The summed E-state index contributed by atoms with van der Waals surface area (Å²) in [6.45, 7) is 8.20. The highest BCUT2D eigenvalue weighted by molar-refractivity contribution is 7.18. The topological polar surface area (TPSA) is 55.4 Å². The van der Waals surface area contributed by atoms with E-state index in [9.17, 15) is 14.0 Å². The van der Waals surface area contributed by atoms with Crippen molar-refractivity contribution in [3.8, 4) is 16.9 Å². The number of alkyl halides is 1. The summed E-state index contributed by atoms with van der Waals surface area (Å²) in [7, 11) is 2.23. The van der Waals surface area contributed by atoms with Crippen LogP contribution in [0.2, 0.25) is 0 Å². The number of ether oxygens (including phenoxy) is 1. The van der Waals surface area contributed by atoms with Crippen LogP contribution < -0.4 is 10.1 Å². The molecule has 4 nitrogen and oxygen atoms in total. The first-order valence-corrected chi connectivity index (χ1v) is 12.8. The molecule has 36 heavy (non-hydrogen) atoms. The molecule has 3 aromatic rings. The Kier molecular flexibility index (Phi) is 9.39. The van der Waals surface area contributed by atoms with Gasteiger partial charge in [-0.1, -0.05) is 65.6 Å². The minimum atomic E-state index is -1.46. The van der Waals surface area contributed by atoms with E-state index in [-0.39, 0.29) is 12.0 Å². The molecule has 0 aliphatic carbocycles. The van der Waals surface area contributed by atoms with Gasteiger partial charge in [0, 0.05) is 18.5 Å². The molecule has 3 aromatic carbocycles. The average molecular weight is 508 g/mol. The first kappa shape index (κ1) is 27.5. The van der Waals surface area contributed by atoms with E-state index in [1.165, 1.54) is 6.92 Å². The minimum absolute atomic E-state index is 0.181. The molecule has 3 atom stereocenters. The van der Waals surface area contributed by atoms with Gasteiger partial charge in [-0.05, 0) is 78.3 Å². The Balaban J connectivity index is 1.82. The van der Waals surface area contributed by atoms with E-state index < -0.39 is 5.41 Å². The third kappa shape index (κ3) is 7.48. The number of amides is 1. The highest BCUT2D eigenvalue weighted by Gasteiger charge is 2.20. The molecule has 0 bridgehead atoms. The molecule has 1 amide bonds. The Bertz CT molecular complexity index is 1170. The molecule has 0 aliphatic heterocycles. The number of halogens is 1. The lowest BCUT2D eigenvalue weighted by Crippen LogP contribution is -2.24. The molecule has 0 radical (unpaired) electrons.